The molecule has 150 valence electrons. The predicted octanol–water partition coefficient (Wildman–Crippen LogP) is 4.19. The topological polar surface area (TPSA) is 50.0 Å². The van der Waals surface area contributed by atoms with Crippen molar-refractivity contribution in [3.63, 3.8) is 0 Å². The number of rotatable bonds is 8. The molecule has 1 fully saturated rings. The fourth-order valence-corrected chi connectivity index (χ4v) is 3.74. The summed E-state index contributed by atoms with van der Waals surface area (Å²) in [6.07, 6.45) is 7.40. The van der Waals surface area contributed by atoms with Crippen LogP contribution in [-0.4, -0.2) is 50.3 Å². The first kappa shape index (κ1) is 22.2. The normalized spacial score (nSPS) is 17.4. The van der Waals surface area contributed by atoms with Crippen LogP contribution >= 0.6 is 35.3 Å². The van der Waals surface area contributed by atoms with E-state index in [1.54, 1.807) is 6.26 Å². The second-order valence-electron chi connectivity index (χ2n) is 6.66. The first-order valence-electron chi connectivity index (χ1n) is 9.47. The van der Waals surface area contributed by atoms with Crippen LogP contribution < -0.4 is 5.32 Å². The molecular formula is C20H30IN3O2S. The van der Waals surface area contributed by atoms with Crippen LogP contribution in [0.2, 0.25) is 0 Å². The zero-order valence-electron chi connectivity index (χ0n) is 15.9. The lowest BCUT2D eigenvalue weighted by Gasteiger charge is -2.25. The smallest absolute Gasteiger partial charge is 0.193 e. The number of aliphatic imine (C=N–C) groups is 1. The van der Waals surface area contributed by atoms with E-state index in [1.165, 1.54) is 17.7 Å². The average molecular weight is 503 g/mol. The number of ether oxygens (including phenoxy) is 1. The van der Waals surface area contributed by atoms with Crippen molar-refractivity contribution >= 4 is 41.3 Å². The van der Waals surface area contributed by atoms with Crippen molar-refractivity contribution in [2.24, 2.45) is 4.99 Å². The van der Waals surface area contributed by atoms with Crippen LogP contribution in [-0.2, 0) is 17.6 Å². The highest BCUT2D eigenvalue weighted by atomic mass is 127. The maximum atomic E-state index is 5.82. The molecule has 27 heavy (non-hydrogen) atoms. The second kappa shape index (κ2) is 12.4. The van der Waals surface area contributed by atoms with Crippen LogP contribution in [0.25, 0.3) is 0 Å². The van der Waals surface area contributed by atoms with E-state index >= 15 is 0 Å². The van der Waals surface area contributed by atoms with E-state index in [0.29, 0.717) is 0 Å². The molecule has 1 unspecified atom stereocenters. The van der Waals surface area contributed by atoms with Gasteiger partial charge in [0.1, 0.15) is 5.76 Å². The number of hydrogen-bond donors (Lipinski definition) is 1. The number of hydrogen-bond acceptors (Lipinski definition) is 4. The molecule has 0 aromatic carbocycles. The van der Waals surface area contributed by atoms with Crippen molar-refractivity contribution in [2.75, 3.05) is 33.3 Å². The van der Waals surface area contributed by atoms with E-state index in [2.05, 4.69) is 34.8 Å². The number of halogens is 1. The van der Waals surface area contributed by atoms with Gasteiger partial charge in [-0.15, -0.1) is 35.3 Å². The molecule has 3 rings (SSSR count). The minimum Gasteiger partial charge on any atom is -0.469 e. The molecule has 5 nitrogen and oxygen atoms in total. The number of thiophene rings is 1. The van der Waals surface area contributed by atoms with Gasteiger partial charge in [0.25, 0.3) is 0 Å². The van der Waals surface area contributed by atoms with Crippen molar-refractivity contribution < 1.29 is 9.15 Å². The van der Waals surface area contributed by atoms with Gasteiger partial charge < -0.3 is 19.4 Å². The van der Waals surface area contributed by atoms with Gasteiger partial charge in [-0.2, -0.15) is 0 Å². The molecule has 0 spiro atoms. The van der Waals surface area contributed by atoms with Gasteiger partial charge in [-0.05, 0) is 49.3 Å². The van der Waals surface area contributed by atoms with Gasteiger partial charge in [0, 0.05) is 38.0 Å². The molecule has 1 saturated heterocycles. The Kier molecular flexibility index (Phi) is 10.2. The van der Waals surface area contributed by atoms with Crippen LogP contribution in [0.5, 0.6) is 0 Å². The first-order valence-corrected chi connectivity index (χ1v) is 10.3. The molecule has 3 heterocycles. The summed E-state index contributed by atoms with van der Waals surface area (Å²) in [7, 11) is 2.11. The molecule has 0 bridgehead atoms. The average Bonchev–Trinajstić information content (AvgIpc) is 3.37. The van der Waals surface area contributed by atoms with Crippen molar-refractivity contribution in [3.05, 3.63) is 46.5 Å². The van der Waals surface area contributed by atoms with Crippen LogP contribution in [0.1, 0.15) is 29.9 Å². The van der Waals surface area contributed by atoms with Crippen molar-refractivity contribution in [1.82, 2.24) is 10.2 Å². The highest BCUT2D eigenvalue weighted by Crippen LogP contribution is 2.13. The summed E-state index contributed by atoms with van der Waals surface area (Å²) >= 11 is 1.81. The minimum absolute atomic E-state index is 0. The molecule has 1 N–H and O–H groups in total. The first-order chi connectivity index (χ1) is 12.8. The summed E-state index contributed by atoms with van der Waals surface area (Å²) in [5, 5.41) is 5.62. The lowest BCUT2D eigenvalue weighted by Crippen LogP contribution is -2.41. The molecule has 7 heteroatoms. The molecule has 1 aliphatic rings. The van der Waals surface area contributed by atoms with Gasteiger partial charge in [0.05, 0.1) is 18.9 Å². The number of nitrogens with zero attached hydrogens (tertiary/aromatic N) is 2. The maximum absolute atomic E-state index is 5.82. The third-order valence-corrected chi connectivity index (χ3v) is 5.52. The van der Waals surface area contributed by atoms with E-state index in [0.717, 1.165) is 57.2 Å². The van der Waals surface area contributed by atoms with Crippen molar-refractivity contribution in [1.29, 1.82) is 0 Å². The summed E-state index contributed by atoms with van der Waals surface area (Å²) in [5.41, 5.74) is 0. The number of nitrogens with one attached hydrogen (secondary N) is 1. The standard InChI is InChI=1S/C20H29N3O2S.HI/c1-23(12-10-19-8-5-15-26-19)20(21-11-9-17-7-4-14-24-17)22-16-18-6-2-3-13-25-18;/h4-5,7-8,14-15,18H,2-3,6,9-13,16H2,1H3,(H,21,22);1H. The Morgan fingerprint density at radius 2 is 2.22 bits per heavy atom. The Hall–Kier alpha value is -1.06. The van der Waals surface area contributed by atoms with Crippen LogP contribution in [0.3, 0.4) is 0 Å². The fourth-order valence-electron chi connectivity index (χ4n) is 3.04. The van der Waals surface area contributed by atoms with Crippen molar-refractivity contribution in [3.8, 4) is 0 Å². The monoisotopic (exact) mass is 503 g/mol. The summed E-state index contributed by atoms with van der Waals surface area (Å²) < 4.78 is 11.2. The van der Waals surface area contributed by atoms with E-state index in [4.69, 9.17) is 14.1 Å². The second-order valence-corrected chi connectivity index (χ2v) is 7.69. The highest BCUT2D eigenvalue weighted by Gasteiger charge is 2.14. The molecule has 1 atom stereocenters. The van der Waals surface area contributed by atoms with Crippen LogP contribution in [0.15, 0.2) is 45.3 Å². The zero-order valence-corrected chi connectivity index (χ0v) is 19.1. The van der Waals surface area contributed by atoms with Gasteiger partial charge in [0.2, 0.25) is 0 Å². The largest absolute Gasteiger partial charge is 0.469 e. The van der Waals surface area contributed by atoms with Gasteiger partial charge in [0.15, 0.2) is 5.96 Å². The highest BCUT2D eigenvalue weighted by molar-refractivity contribution is 14.0. The maximum Gasteiger partial charge on any atom is 0.193 e. The van der Waals surface area contributed by atoms with Gasteiger partial charge in [-0.25, -0.2) is 0 Å². The summed E-state index contributed by atoms with van der Waals surface area (Å²) in [5.74, 6) is 1.94. The minimum atomic E-state index is 0. The van der Waals surface area contributed by atoms with E-state index < -0.39 is 0 Å². The summed E-state index contributed by atoms with van der Waals surface area (Å²) in [6, 6.07) is 8.24. The molecule has 2 aromatic heterocycles. The Morgan fingerprint density at radius 3 is 2.93 bits per heavy atom. The predicted molar refractivity (Wildman–Crippen MR) is 122 cm³/mol. The lowest BCUT2D eigenvalue weighted by atomic mass is 10.1. The third kappa shape index (κ3) is 7.83. The molecule has 0 radical (unpaired) electrons. The Bertz CT molecular complexity index is 640. The van der Waals surface area contributed by atoms with Crippen LogP contribution in [0, 0.1) is 0 Å². The van der Waals surface area contributed by atoms with Gasteiger partial charge in [-0.1, -0.05) is 6.07 Å². The number of guanidine groups is 1. The van der Waals surface area contributed by atoms with Gasteiger partial charge in [-0.3, -0.25) is 4.99 Å². The molecule has 0 aliphatic carbocycles. The van der Waals surface area contributed by atoms with Crippen LogP contribution in [0.4, 0.5) is 0 Å². The van der Waals surface area contributed by atoms with Crippen molar-refractivity contribution in [2.45, 2.75) is 38.2 Å². The quantitative estimate of drug-likeness (QED) is 0.334. The van der Waals surface area contributed by atoms with E-state index in [9.17, 15) is 0 Å². The summed E-state index contributed by atoms with van der Waals surface area (Å²) in [6.45, 7) is 3.35. The fraction of sp³-hybridized carbons (Fsp3) is 0.550. The van der Waals surface area contributed by atoms with Gasteiger partial charge >= 0.3 is 0 Å². The van der Waals surface area contributed by atoms with E-state index in [-0.39, 0.29) is 30.1 Å². The SMILES string of the molecule is CN(CCc1cccs1)C(=NCC1CCCCO1)NCCc1ccco1.I. The lowest BCUT2D eigenvalue weighted by molar-refractivity contribution is 0.0223. The zero-order chi connectivity index (χ0) is 18.0. The summed E-state index contributed by atoms with van der Waals surface area (Å²) in [4.78, 5) is 8.46. The third-order valence-electron chi connectivity index (χ3n) is 4.59. The number of likely N-dealkylation sites (N-methyl/N-ethyl adjacent to an activating group) is 1. The molecule has 0 amide bonds. The molecule has 0 saturated carbocycles. The Balaban J connectivity index is 0.00000261. The Morgan fingerprint density at radius 1 is 1.30 bits per heavy atom. The molecule has 2 aromatic rings. The van der Waals surface area contributed by atoms with E-state index in [1.807, 2.05) is 23.5 Å². The number of furan rings is 1. The Labute approximate surface area is 183 Å². The molecular weight excluding hydrogens is 473 g/mol. The molecule has 1 aliphatic heterocycles.